The second kappa shape index (κ2) is 2.26. The highest BCUT2D eigenvalue weighted by molar-refractivity contribution is 7.86. The maximum absolute atomic E-state index is 11.3. The van der Waals surface area contributed by atoms with E-state index >= 15 is 0 Å². The van der Waals surface area contributed by atoms with Crippen LogP contribution in [0, 0.1) is 6.92 Å². The minimum Gasteiger partial charge on any atom is -0.195 e. The van der Waals surface area contributed by atoms with E-state index in [1.165, 1.54) is 0 Å². The molecule has 0 aliphatic heterocycles. The molecule has 0 rings (SSSR count). The van der Waals surface area contributed by atoms with Gasteiger partial charge in [0, 0.05) is 0 Å². The van der Waals surface area contributed by atoms with Gasteiger partial charge in [-0.3, -0.25) is 0 Å². The number of halogens is 1. The fourth-order valence-corrected chi connectivity index (χ4v) is 0.517. The van der Waals surface area contributed by atoms with Crippen LogP contribution in [0.2, 0.25) is 0 Å². The van der Waals surface area contributed by atoms with Gasteiger partial charge in [-0.15, -0.1) is 3.89 Å². The normalized spacial score (nSPS) is 11.7. The molecule has 0 aliphatic rings. The molecule has 0 aromatic carbocycles. The molecule has 4 heteroatoms. The van der Waals surface area contributed by atoms with Gasteiger partial charge in [-0.05, 0) is 6.42 Å². The second-order valence-electron chi connectivity index (χ2n) is 1.10. The van der Waals surface area contributed by atoms with E-state index in [9.17, 15) is 12.3 Å². The fourth-order valence-electron chi connectivity index (χ4n) is 0.172. The predicted octanol–water partition coefficient (Wildman–Crippen LogP) is 0.510. The van der Waals surface area contributed by atoms with Crippen LogP contribution in [0.4, 0.5) is 3.89 Å². The molecule has 0 saturated carbocycles. The summed E-state index contributed by atoms with van der Waals surface area (Å²) in [6.07, 6.45) is 0.0961. The number of hydrogen-bond donors (Lipinski definition) is 0. The van der Waals surface area contributed by atoms with Crippen molar-refractivity contribution in [3.63, 3.8) is 0 Å². The molecule has 0 aromatic rings. The third-order valence-corrected chi connectivity index (χ3v) is 1.16. The highest BCUT2D eigenvalue weighted by atomic mass is 32.3. The second-order valence-corrected chi connectivity index (χ2v) is 2.58. The van der Waals surface area contributed by atoms with Crippen molar-refractivity contribution in [1.29, 1.82) is 0 Å². The van der Waals surface area contributed by atoms with Crippen molar-refractivity contribution in [3.8, 4) is 0 Å². The molecule has 0 atom stereocenters. The molecule has 0 aliphatic carbocycles. The standard InChI is InChI=1S/C3H6FO2S/c1-2-3-7(4,5)6/h1-3H2. The summed E-state index contributed by atoms with van der Waals surface area (Å²) >= 11 is 0. The van der Waals surface area contributed by atoms with Crippen LogP contribution in [-0.2, 0) is 10.2 Å². The SMILES string of the molecule is [CH2]CCS(=O)(=O)F. The lowest BCUT2D eigenvalue weighted by atomic mass is 10.6. The van der Waals surface area contributed by atoms with Crippen molar-refractivity contribution in [2.75, 3.05) is 5.75 Å². The van der Waals surface area contributed by atoms with Gasteiger partial charge in [0.2, 0.25) is 0 Å². The van der Waals surface area contributed by atoms with E-state index in [4.69, 9.17) is 0 Å². The molecule has 0 N–H and O–H groups in total. The van der Waals surface area contributed by atoms with Gasteiger partial charge < -0.3 is 0 Å². The molecule has 7 heavy (non-hydrogen) atoms. The summed E-state index contributed by atoms with van der Waals surface area (Å²) in [7, 11) is -4.24. The van der Waals surface area contributed by atoms with Gasteiger partial charge in [-0.1, -0.05) is 6.92 Å². The molecule has 43 valence electrons. The van der Waals surface area contributed by atoms with Gasteiger partial charge >= 0.3 is 10.2 Å². The molecule has 0 saturated heterocycles. The number of hydrogen-bond acceptors (Lipinski definition) is 2. The first-order valence-corrected chi connectivity index (χ1v) is 3.33. The lowest BCUT2D eigenvalue weighted by Gasteiger charge is -1.82. The summed E-state index contributed by atoms with van der Waals surface area (Å²) in [4.78, 5) is 0. The van der Waals surface area contributed by atoms with Crippen molar-refractivity contribution in [2.45, 2.75) is 6.42 Å². The van der Waals surface area contributed by atoms with E-state index in [-0.39, 0.29) is 6.42 Å². The van der Waals surface area contributed by atoms with Gasteiger partial charge in [0.1, 0.15) is 0 Å². The van der Waals surface area contributed by atoms with E-state index in [1.807, 2.05) is 0 Å². The zero-order valence-corrected chi connectivity index (χ0v) is 4.54. The Labute approximate surface area is 42.6 Å². The average Bonchev–Trinajstić information content (AvgIpc) is 1.30. The van der Waals surface area contributed by atoms with Gasteiger partial charge in [0.05, 0.1) is 5.75 Å². The minimum absolute atomic E-state index is 0.0961. The Morgan fingerprint density at radius 2 is 2.00 bits per heavy atom. The van der Waals surface area contributed by atoms with Crippen LogP contribution in [0.25, 0.3) is 0 Å². The molecule has 0 unspecified atom stereocenters. The monoisotopic (exact) mass is 125 g/mol. The first-order chi connectivity index (χ1) is 3.06. The van der Waals surface area contributed by atoms with Crippen LogP contribution in [0.1, 0.15) is 6.42 Å². The summed E-state index contributed by atoms with van der Waals surface area (Å²) in [6.45, 7) is 3.15. The highest BCUT2D eigenvalue weighted by Crippen LogP contribution is 1.90. The third-order valence-electron chi connectivity index (χ3n) is 0.388. The van der Waals surface area contributed by atoms with Crippen LogP contribution in [-0.4, -0.2) is 14.2 Å². The lowest BCUT2D eigenvalue weighted by molar-refractivity contribution is 0.552. The molecule has 0 heterocycles. The summed E-state index contributed by atoms with van der Waals surface area (Å²) in [5, 5.41) is 0. The smallest absolute Gasteiger partial charge is 0.195 e. The zero-order chi connectivity index (χ0) is 5.91. The van der Waals surface area contributed by atoms with E-state index in [1.54, 1.807) is 0 Å². The first kappa shape index (κ1) is 6.88. The minimum atomic E-state index is -4.24. The van der Waals surface area contributed by atoms with Crippen molar-refractivity contribution >= 4 is 10.2 Å². The van der Waals surface area contributed by atoms with Crippen molar-refractivity contribution in [2.24, 2.45) is 0 Å². The quantitative estimate of drug-likeness (QED) is 0.504. The van der Waals surface area contributed by atoms with Crippen LogP contribution in [0.5, 0.6) is 0 Å². The van der Waals surface area contributed by atoms with Gasteiger partial charge in [0.25, 0.3) is 0 Å². The Morgan fingerprint density at radius 3 is 2.00 bits per heavy atom. The van der Waals surface area contributed by atoms with Gasteiger partial charge in [-0.2, -0.15) is 8.42 Å². The maximum Gasteiger partial charge on any atom is 0.302 e. The summed E-state index contributed by atoms with van der Waals surface area (Å²) < 4.78 is 30.4. The highest BCUT2D eigenvalue weighted by Gasteiger charge is 2.01. The Kier molecular flexibility index (Phi) is 2.22. The van der Waals surface area contributed by atoms with Crippen molar-refractivity contribution < 1.29 is 12.3 Å². The van der Waals surface area contributed by atoms with E-state index < -0.39 is 16.0 Å². The molecule has 0 spiro atoms. The van der Waals surface area contributed by atoms with Crippen LogP contribution in [0.15, 0.2) is 0 Å². The van der Waals surface area contributed by atoms with Crippen LogP contribution < -0.4 is 0 Å². The molecule has 0 bridgehead atoms. The molecule has 0 amide bonds. The Morgan fingerprint density at radius 1 is 1.57 bits per heavy atom. The summed E-state index contributed by atoms with van der Waals surface area (Å²) in [5.74, 6) is -0.465. The number of rotatable bonds is 2. The molecule has 2 nitrogen and oxygen atoms in total. The molecule has 1 radical (unpaired) electrons. The van der Waals surface area contributed by atoms with E-state index in [0.717, 1.165) is 0 Å². The first-order valence-electron chi connectivity index (χ1n) is 1.78. The van der Waals surface area contributed by atoms with Crippen molar-refractivity contribution in [1.82, 2.24) is 0 Å². The van der Waals surface area contributed by atoms with Crippen LogP contribution in [0.3, 0.4) is 0 Å². The topological polar surface area (TPSA) is 34.1 Å². The van der Waals surface area contributed by atoms with Gasteiger partial charge in [0.15, 0.2) is 0 Å². The maximum atomic E-state index is 11.3. The third kappa shape index (κ3) is 5.88. The molecule has 0 fully saturated rings. The average molecular weight is 125 g/mol. The Hall–Kier alpha value is -0.120. The zero-order valence-electron chi connectivity index (χ0n) is 3.72. The Balaban J connectivity index is 3.60. The lowest BCUT2D eigenvalue weighted by Crippen LogP contribution is -1.94. The van der Waals surface area contributed by atoms with Crippen LogP contribution >= 0.6 is 0 Å². The predicted molar refractivity (Wildman–Crippen MR) is 24.9 cm³/mol. The largest absolute Gasteiger partial charge is 0.302 e. The van der Waals surface area contributed by atoms with E-state index in [2.05, 4.69) is 6.92 Å². The molecular weight excluding hydrogens is 119 g/mol. The Bertz CT molecular complexity index is 126. The van der Waals surface area contributed by atoms with Crippen molar-refractivity contribution in [3.05, 3.63) is 6.92 Å². The molecular formula is C3H6FO2S. The fraction of sp³-hybridized carbons (Fsp3) is 0.667. The summed E-state index contributed by atoms with van der Waals surface area (Å²) in [6, 6.07) is 0. The van der Waals surface area contributed by atoms with Gasteiger partial charge in [-0.25, -0.2) is 0 Å². The molecule has 0 aromatic heterocycles. The summed E-state index contributed by atoms with van der Waals surface area (Å²) in [5.41, 5.74) is 0. The van der Waals surface area contributed by atoms with E-state index in [0.29, 0.717) is 0 Å².